The van der Waals surface area contributed by atoms with Crippen molar-refractivity contribution < 1.29 is 27.4 Å². The Balaban J connectivity index is 1.42. The third-order valence-electron chi connectivity index (χ3n) is 6.72. The highest BCUT2D eigenvalue weighted by Gasteiger charge is 2.31. The van der Waals surface area contributed by atoms with Crippen LogP contribution in [0.4, 0.5) is 18.9 Å². The number of rotatable bonds is 8. The van der Waals surface area contributed by atoms with Crippen LogP contribution >= 0.6 is 0 Å². The molecule has 39 heavy (non-hydrogen) atoms. The first kappa shape index (κ1) is 26.4. The highest BCUT2D eigenvalue weighted by Crippen LogP contribution is 2.27. The minimum Gasteiger partial charge on any atom is -0.486 e. The van der Waals surface area contributed by atoms with Crippen molar-refractivity contribution in [2.45, 2.75) is 32.9 Å². The summed E-state index contributed by atoms with van der Waals surface area (Å²) in [7, 11) is 0. The van der Waals surface area contributed by atoms with Crippen molar-refractivity contribution in [1.82, 2.24) is 14.5 Å². The zero-order valence-electron chi connectivity index (χ0n) is 21.5. The van der Waals surface area contributed by atoms with Crippen LogP contribution in [0.1, 0.15) is 24.7 Å². The van der Waals surface area contributed by atoms with Gasteiger partial charge in [-0.15, -0.1) is 13.2 Å². The molecule has 5 rings (SSSR count). The second-order valence-electron chi connectivity index (χ2n) is 9.30. The van der Waals surface area contributed by atoms with Crippen LogP contribution in [0.25, 0.3) is 11.0 Å². The van der Waals surface area contributed by atoms with Gasteiger partial charge in [-0.3, -0.25) is 4.79 Å². The number of nitrogens with zero attached hydrogens (tertiary/aromatic N) is 4. The fourth-order valence-electron chi connectivity index (χ4n) is 4.73. The molecule has 1 aromatic heterocycles. The first-order valence-corrected chi connectivity index (χ1v) is 12.8. The molecule has 0 bridgehead atoms. The van der Waals surface area contributed by atoms with Crippen molar-refractivity contribution >= 4 is 22.6 Å². The van der Waals surface area contributed by atoms with Gasteiger partial charge < -0.3 is 23.8 Å². The number of piperazine rings is 1. The molecular formula is C29H29F3N4O3. The molecule has 10 heteroatoms. The topological polar surface area (TPSA) is 59.8 Å². The van der Waals surface area contributed by atoms with Crippen molar-refractivity contribution in [1.29, 1.82) is 0 Å². The predicted molar refractivity (Wildman–Crippen MR) is 142 cm³/mol. The Labute approximate surface area is 224 Å². The van der Waals surface area contributed by atoms with E-state index in [-0.39, 0.29) is 18.3 Å². The summed E-state index contributed by atoms with van der Waals surface area (Å²) in [5, 5.41) is 0. The fraction of sp³-hybridized carbons (Fsp3) is 0.310. The third-order valence-corrected chi connectivity index (χ3v) is 6.72. The largest absolute Gasteiger partial charge is 0.573 e. The van der Waals surface area contributed by atoms with Gasteiger partial charge in [-0.05, 0) is 48.0 Å². The lowest BCUT2D eigenvalue weighted by Gasteiger charge is -2.36. The number of carbonyl (C=O) groups excluding carboxylic acids is 1. The van der Waals surface area contributed by atoms with Crippen LogP contribution in [0.2, 0.25) is 0 Å². The molecule has 0 atom stereocenters. The molecule has 2 heterocycles. The Kier molecular flexibility index (Phi) is 7.63. The minimum atomic E-state index is -4.74. The lowest BCUT2D eigenvalue weighted by Crippen LogP contribution is -2.48. The van der Waals surface area contributed by atoms with E-state index in [2.05, 4.69) is 15.7 Å². The maximum atomic E-state index is 12.6. The van der Waals surface area contributed by atoms with Crippen LogP contribution in [0.5, 0.6) is 11.5 Å². The van der Waals surface area contributed by atoms with Gasteiger partial charge in [-0.1, -0.05) is 37.3 Å². The number of ether oxygens (including phenoxy) is 2. The van der Waals surface area contributed by atoms with Gasteiger partial charge in [0.2, 0.25) is 5.91 Å². The summed E-state index contributed by atoms with van der Waals surface area (Å²) < 4.78 is 49.8. The molecule has 0 saturated carbocycles. The van der Waals surface area contributed by atoms with Gasteiger partial charge in [0.25, 0.3) is 0 Å². The lowest BCUT2D eigenvalue weighted by molar-refractivity contribution is -0.274. The predicted octanol–water partition coefficient (Wildman–Crippen LogP) is 5.62. The third kappa shape index (κ3) is 6.45. The van der Waals surface area contributed by atoms with E-state index in [0.29, 0.717) is 37.6 Å². The zero-order chi connectivity index (χ0) is 27.4. The summed E-state index contributed by atoms with van der Waals surface area (Å²) >= 11 is 0. The lowest BCUT2D eigenvalue weighted by atomic mass is 10.2. The Morgan fingerprint density at radius 1 is 0.923 bits per heavy atom. The van der Waals surface area contributed by atoms with Gasteiger partial charge in [0.15, 0.2) is 0 Å². The van der Waals surface area contributed by atoms with Crippen LogP contribution < -0.4 is 14.4 Å². The zero-order valence-corrected chi connectivity index (χ0v) is 21.5. The van der Waals surface area contributed by atoms with Crippen LogP contribution in [0, 0.1) is 0 Å². The summed E-state index contributed by atoms with van der Waals surface area (Å²) in [5.41, 5.74) is 3.50. The Morgan fingerprint density at radius 2 is 1.64 bits per heavy atom. The van der Waals surface area contributed by atoms with Crippen molar-refractivity contribution in [3.05, 3.63) is 84.2 Å². The molecule has 1 saturated heterocycles. The second-order valence-corrected chi connectivity index (χ2v) is 9.30. The average Bonchev–Trinajstić information content (AvgIpc) is 3.28. The molecule has 0 N–H and O–H groups in total. The number of carbonyl (C=O) groups is 1. The van der Waals surface area contributed by atoms with Crippen LogP contribution in [-0.4, -0.2) is 52.9 Å². The molecule has 4 aromatic rings. The van der Waals surface area contributed by atoms with Crippen LogP contribution in [0.15, 0.2) is 72.8 Å². The monoisotopic (exact) mass is 538 g/mol. The number of fused-ring (bicyclic) bond motifs is 1. The number of hydrogen-bond acceptors (Lipinski definition) is 5. The van der Waals surface area contributed by atoms with E-state index in [1.165, 1.54) is 12.1 Å². The molecule has 1 amide bonds. The molecule has 1 aliphatic rings. The smallest absolute Gasteiger partial charge is 0.486 e. The van der Waals surface area contributed by atoms with E-state index >= 15 is 0 Å². The van der Waals surface area contributed by atoms with E-state index in [4.69, 9.17) is 9.72 Å². The standard InChI is InChI=1S/C29H29F3N4O3/c1-2-28(37)35-16-14-34(15-17-35)22-10-13-25-26(18-22)36(27(33-25)20-38-23-6-4-3-5-7-23)19-21-8-11-24(12-9-21)39-29(30,31)32/h3-13,18H,2,14-17,19-20H2,1H3. The van der Waals surface area contributed by atoms with Gasteiger partial charge >= 0.3 is 6.36 Å². The number of alkyl halides is 3. The number of para-hydroxylation sites is 1. The molecule has 0 spiro atoms. The van der Waals surface area contributed by atoms with Gasteiger partial charge in [-0.25, -0.2) is 4.98 Å². The number of anilines is 1. The quantitative estimate of drug-likeness (QED) is 0.292. The molecule has 204 valence electrons. The normalized spacial score (nSPS) is 14.1. The molecule has 1 aliphatic heterocycles. The summed E-state index contributed by atoms with van der Waals surface area (Å²) in [6, 6.07) is 21.4. The Hall–Kier alpha value is -4.21. The Bertz CT molecular complexity index is 1410. The number of benzene rings is 3. The summed E-state index contributed by atoms with van der Waals surface area (Å²) in [6.07, 6.45) is -4.24. The summed E-state index contributed by atoms with van der Waals surface area (Å²) in [4.78, 5) is 21.0. The fourth-order valence-corrected chi connectivity index (χ4v) is 4.73. The van der Waals surface area contributed by atoms with Gasteiger partial charge in [0.1, 0.15) is 23.9 Å². The molecule has 3 aromatic carbocycles. The number of imidazole rings is 1. The Morgan fingerprint density at radius 3 is 2.31 bits per heavy atom. The SMILES string of the molecule is CCC(=O)N1CCN(c2ccc3nc(COc4ccccc4)n(Cc4ccc(OC(F)(F)F)cc4)c3c2)CC1. The molecule has 0 aliphatic carbocycles. The first-order valence-electron chi connectivity index (χ1n) is 12.8. The van der Waals surface area contributed by atoms with Gasteiger partial charge in [0.05, 0.1) is 11.0 Å². The van der Waals surface area contributed by atoms with E-state index in [0.717, 1.165) is 35.4 Å². The number of hydrogen-bond donors (Lipinski definition) is 0. The summed E-state index contributed by atoms with van der Waals surface area (Å²) in [5.74, 6) is 1.31. The summed E-state index contributed by atoms with van der Waals surface area (Å²) in [6.45, 7) is 5.30. The van der Waals surface area contributed by atoms with E-state index in [1.807, 2.05) is 58.9 Å². The van der Waals surface area contributed by atoms with E-state index in [1.54, 1.807) is 12.1 Å². The second kappa shape index (κ2) is 11.3. The van der Waals surface area contributed by atoms with Crippen molar-refractivity contribution in [3.63, 3.8) is 0 Å². The number of aromatic nitrogens is 2. The van der Waals surface area contributed by atoms with Crippen LogP contribution in [-0.2, 0) is 17.9 Å². The highest BCUT2D eigenvalue weighted by atomic mass is 19.4. The number of halogens is 3. The average molecular weight is 539 g/mol. The van der Waals surface area contributed by atoms with E-state index in [9.17, 15) is 18.0 Å². The highest BCUT2D eigenvalue weighted by molar-refractivity contribution is 5.81. The molecule has 1 fully saturated rings. The van der Waals surface area contributed by atoms with Crippen LogP contribution in [0.3, 0.4) is 0 Å². The van der Waals surface area contributed by atoms with Crippen molar-refractivity contribution in [3.8, 4) is 11.5 Å². The molecule has 7 nitrogen and oxygen atoms in total. The maximum absolute atomic E-state index is 12.6. The number of amides is 1. The minimum absolute atomic E-state index is 0.165. The molecule has 0 radical (unpaired) electrons. The molecule has 0 unspecified atom stereocenters. The first-order chi connectivity index (χ1) is 18.8. The van der Waals surface area contributed by atoms with Gasteiger partial charge in [-0.2, -0.15) is 0 Å². The molecular weight excluding hydrogens is 509 g/mol. The maximum Gasteiger partial charge on any atom is 0.573 e. The van der Waals surface area contributed by atoms with Crippen molar-refractivity contribution in [2.24, 2.45) is 0 Å². The van der Waals surface area contributed by atoms with Gasteiger partial charge in [0, 0.05) is 44.8 Å². The van der Waals surface area contributed by atoms with Crippen molar-refractivity contribution in [2.75, 3.05) is 31.1 Å². The van der Waals surface area contributed by atoms with E-state index < -0.39 is 6.36 Å².